The third-order valence-corrected chi connectivity index (χ3v) is 5.28. The van der Waals surface area contributed by atoms with Crippen LogP contribution in [0.4, 0.5) is 0 Å². The number of aryl methyl sites for hydroxylation is 1. The van der Waals surface area contributed by atoms with E-state index >= 15 is 0 Å². The van der Waals surface area contributed by atoms with E-state index in [2.05, 4.69) is 0 Å². The molecule has 2 aromatic carbocycles. The highest BCUT2D eigenvalue weighted by molar-refractivity contribution is 6.46. The maximum Gasteiger partial charge on any atom is 0.296 e. The molecule has 1 amide bonds. The lowest BCUT2D eigenvalue weighted by Gasteiger charge is -2.24. The van der Waals surface area contributed by atoms with E-state index in [1.54, 1.807) is 36.4 Å². The van der Waals surface area contributed by atoms with Gasteiger partial charge in [0.15, 0.2) is 0 Å². The van der Waals surface area contributed by atoms with Gasteiger partial charge in [0.25, 0.3) is 11.7 Å². The number of aliphatic hydroxyl groups excluding tert-OH is 1. The largest absolute Gasteiger partial charge is 0.507 e. The fourth-order valence-electron chi connectivity index (χ4n) is 3.94. The lowest BCUT2D eigenvalue weighted by atomic mass is 9.94. The molecule has 0 spiro atoms. The SMILES string of the molecule is Cc1cccc(C2/C(=C(/O)c3cccc(OC(C)C)c3)C(=O)C(=O)N2Cc2ccco2)c1. The van der Waals surface area contributed by atoms with Gasteiger partial charge in [0, 0.05) is 5.56 Å². The number of carbonyl (C=O) groups excluding carboxylic acids is 2. The van der Waals surface area contributed by atoms with Gasteiger partial charge in [-0.2, -0.15) is 0 Å². The molecule has 1 saturated heterocycles. The molecule has 3 aromatic rings. The number of likely N-dealkylation sites (tertiary alicyclic amines) is 1. The second kappa shape index (κ2) is 8.75. The number of ketones is 1. The van der Waals surface area contributed by atoms with E-state index in [1.807, 2.05) is 45.0 Å². The number of carbonyl (C=O) groups is 2. The molecule has 32 heavy (non-hydrogen) atoms. The molecular weight excluding hydrogens is 406 g/mol. The summed E-state index contributed by atoms with van der Waals surface area (Å²) in [6, 6.07) is 17.2. The van der Waals surface area contributed by atoms with Gasteiger partial charge in [0.1, 0.15) is 17.3 Å². The van der Waals surface area contributed by atoms with Gasteiger partial charge in [-0.25, -0.2) is 0 Å². The summed E-state index contributed by atoms with van der Waals surface area (Å²) >= 11 is 0. The summed E-state index contributed by atoms with van der Waals surface area (Å²) in [6.07, 6.45) is 1.48. The molecule has 0 saturated carbocycles. The van der Waals surface area contributed by atoms with Crippen LogP contribution in [0, 0.1) is 6.92 Å². The zero-order valence-corrected chi connectivity index (χ0v) is 18.2. The Morgan fingerprint density at radius 2 is 1.88 bits per heavy atom. The molecule has 1 aromatic heterocycles. The Hall–Kier alpha value is -3.80. The third-order valence-electron chi connectivity index (χ3n) is 5.28. The normalized spacial score (nSPS) is 17.9. The van der Waals surface area contributed by atoms with Crippen molar-refractivity contribution in [2.75, 3.05) is 0 Å². The fraction of sp³-hybridized carbons (Fsp3) is 0.231. The summed E-state index contributed by atoms with van der Waals surface area (Å²) in [7, 11) is 0. The average Bonchev–Trinajstić information content (AvgIpc) is 3.35. The number of aliphatic hydroxyl groups is 1. The molecular formula is C26H25NO5. The van der Waals surface area contributed by atoms with Crippen molar-refractivity contribution in [2.24, 2.45) is 0 Å². The summed E-state index contributed by atoms with van der Waals surface area (Å²) in [5.74, 6) is -0.511. The topological polar surface area (TPSA) is 80.0 Å². The Morgan fingerprint density at radius 1 is 1.09 bits per heavy atom. The first-order valence-electron chi connectivity index (χ1n) is 10.5. The molecule has 2 heterocycles. The highest BCUT2D eigenvalue weighted by Crippen LogP contribution is 2.40. The summed E-state index contributed by atoms with van der Waals surface area (Å²) in [5, 5.41) is 11.2. The molecule has 164 valence electrons. The van der Waals surface area contributed by atoms with E-state index in [9.17, 15) is 14.7 Å². The summed E-state index contributed by atoms with van der Waals surface area (Å²) in [5.41, 5.74) is 2.19. The summed E-state index contributed by atoms with van der Waals surface area (Å²) in [6.45, 7) is 5.87. The van der Waals surface area contributed by atoms with Gasteiger partial charge in [0.2, 0.25) is 0 Å². The van der Waals surface area contributed by atoms with Crippen molar-refractivity contribution in [1.82, 2.24) is 4.90 Å². The van der Waals surface area contributed by atoms with Crippen LogP contribution in [-0.4, -0.2) is 27.8 Å². The van der Waals surface area contributed by atoms with Gasteiger partial charge in [0.05, 0.1) is 30.5 Å². The van der Waals surface area contributed by atoms with Crippen LogP contribution >= 0.6 is 0 Å². The first kappa shape index (κ1) is 21.4. The van der Waals surface area contributed by atoms with Gasteiger partial charge in [-0.15, -0.1) is 0 Å². The number of nitrogens with zero attached hydrogens (tertiary/aromatic N) is 1. The predicted octanol–water partition coefficient (Wildman–Crippen LogP) is 5.00. The molecule has 1 unspecified atom stereocenters. The number of furan rings is 1. The lowest BCUT2D eigenvalue weighted by molar-refractivity contribution is -0.140. The third kappa shape index (κ3) is 4.17. The molecule has 6 nitrogen and oxygen atoms in total. The number of Topliss-reactive ketones (excluding diaryl/α,β-unsaturated/α-hetero) is 1. The summed E-state index contributed by atoms with van der Waals surface area (Å²) in [4.78, 5) is 27.6. The van der Waals surface area contributed by atoms with Gasteiger partial charge >= 0.3 is 0 Å². The van der Waals surface area contributed by atoms with Crippen LogP contribution in [0.3, 0.4) is 0 Å². The van der Waals surface area contributed by atoms with Crippen molar-refractivity contribution in [3.63, 3.8) is 0 Å². The second-order valence-corrected chi connectivity index (χ2v) is 8.11. The molecule has 0 radical (unpaired) electrons. The number of rotatable bonds is 6. The van der Waals surface area contributed by atoms with E-state index in [0.29, 0.717) is 17.1 Å². The molecule has 1 aliphatic heterocycles. The van der Waals surface area contributed by atoms with Crippen molar-refractivity contribution < 1.29 is 23.8 Å². The van der Waals surface area contributed by atoms with Crippen LogP contribution in [0.5, 0.6) is 5.75 Å². The first-order valence-corrected chi connectivity index (χ1v) is 10.5. The Balaban J connectivity index is 1.84. The van der Waals surface area contributed by atoms with E-state index < -0.39 is 17.7 Å². The zero-order chi connectivity index (χ0) is 22.8. The molecule has 0 aliphatic carbocycles. The summed E-state index contributed by atoms with van der Waals surface area (Å²) < 4.78 is 11.1. The van der Waals surface area contributed by atoms with Gasteiger partial charge in [-0.1, -0.05) is 42.0 Å². The molecule has 1 fully saturated rings. The highest BCUT2D eigenvalue weighted by Gasteiger charge is 2.46. The van der Waals surface area contributed by atoms with Crippen molar-refractivity contribution >= 4 is 17.4 Å². The Morgan fingerprint density at radius 3 is 2.56 bits per heavy atom. The number of ether oxygens (including phenoxy) is 1. The zero-order valence-electron chi connectivity index (χ0n) is 18.2. The van der Waals surface area contributed by atoms with Crippen LogP contribution in [0.1, 0.15) is 42.3 Å². The minimum atomic E-state index is -0.741. The van der Waals surface area contributed by atoms with Crippen LogP contribution in [-0.2, 0) is 16.1 Å². The van der Waals surface area contributed by atoms with Crippen LogP contribution in [0.25, 0.3) is 5.76 Å². The molecule has 1 aliphatic rings. The number of benzene rings is 2. The molecule has 6 heteroatoms. The molecule has 1 atom stereocenters. The predicted molar refractivity (Wildman–Crippen MR) is 120 cm³/mol. The van der Waals surface area contributed by atoms with Gasteiger partial charge in [-0.3, -0.25) is 9.59 Å². The molecule has 4 rings (SSSR count). The minimum Gasteiger partial charge on any atom is -0.507 e. The Labute approximate surface area is 186 Å². The molecule has 0 bridgehead atoms. The Kier molecular flexibility index (Phi) is 5.86. The van der Waals surface area contributed by atoms with E-state index in [1.165, 1.54) is 11.2 Å². The monoisotopic (exact) mass is 431 g/mol. The van der Waals surface area contributed by atoms with Crippen molar-refractivity contribution in [2.45, 2.75) is 39.5 Å². The van der Waals surface area contributed by atoms with Crippen LogP contribution in [0.2, 0.25) is 0 Å². The van der Waals surface area contributed by atoms with E-state index in [0.717, 1.165) is 11.1 Å². The average molecular weight is 431 g/mol. The van der Waals surface area contributed by atoms with Crippen molar-refractivity contribution in [3.8, 4) is 5.75 Å². The quantitative estimate of drug-likeness (QED) is 0.338. The fourth-order valence-corrected chi connectivity index (χ4v) is 3.94. The van der Waals surface area contributed by atoms with Gasteiger partial charge in [-0.05, 0) is 50.6 Å². The molecule has 1 N–H and O–H groups in total. The second-order valence-electron chi connectivity index (χ2n) is 8.11. The van der Waals surface area contributed by atoms with Crippen molar-refractivity contribution in [1.29, 1.82) is 0 Å². The first-order chi connectivity index (χ1) is 15.3. The lowest BCUT2D eigenvalue weighted by Crippen LogP contribution is -2.29. The standard InChI is InChI=1S/C26H25NO5/c1-16(2)32-20-10-5-9-19(14-20)24(28)22-23(18-8-4-7-17(3)13-18)27(26(30)25(22)29)15-21-11-6-12-31-21/h4-14,16,23,28H,15H2,1-3H3/b24-22-. The number of hydrogen-bond acceptors (Lipinski definition) is 5. The van der Waals surface area contributed by atoms with Crippen LogP contribution < -0.4 is 4.74 Å². The highest BCUT2D eigenvalue weighted by atomic mass is 16.5. The van der Waals surface area contributed by atoms with E-state index in [4.69, 9.17) is 9.15 Å². The Bertz CT molecular complexity index is 1180. The maximum absolute atomic E-state index is 13.1. The number of hydrogen-bond donors (Lipinski definition) is 1. The van der Waals surface area contributed by atoms with E-state index in [-0.39, 0.29) is 24.0 Å². The maximum atomic E-state index is 13.1. The van der Waals surface area contributed by atoms with Crippen LogP contribution in [0.15, 0.2) is 76.9 Å². The minimum absolute atomic E-state index is 0.0430. The smallest absolute Gasteiger partial charge is 0.296 e. The van der Waals surface area contributed by atoms with Gasteiger partial charge < -0.3 is 19.2 Å². The number of amides is 1. The van der Waals surface area contributed by atoms with Crippen molar-refractivity contribution in [3.05, 3.63) is 95.0 Å².